The van der Waals surface area contributed by atoms with Gasteiger partial charge in [0.1, 0.15) is 11.5 Å². The molecule has 1 aliphatic carbocycles. The number of aryl methyl sites for hydroxylation is 1. The van der Waals surface area contributed by atoms with Crippen LogP contribution in [0.3, 0.4) is 0 Å². The molecule has 3 aromatic heterocycles. The molecule has 2 N–H and O–H groups in total. The van der Waals surface area contributed by atoms with Crippen molar-refractivity contribution >= 4 is 17.5 Å². The van der Waals surface area contributed by atoms with Crippen LogP contribution in [0.5, 0.6) is 0 Å². The molecular weight excluding hydrogens is 464 g/mol. The maximum atomic E-state index is 12.5. The van der Waals surface area contributed by atoms with Crippen molar-refractivity contribution in [2.24, 2.45) is 0 Å². The van der Waals surface area contributed by atoms with Crippen LogP contribution in [-0.2, 0) is 19.5 Å². The molecule has 1 saturated heterocycles. The van der Waals surface area contributed by atoms with Gasteiger partial charge in [-0.05, 0) is 71.0 Å². The van der Waals surface area contributed by atoms with Crippen LogP contribution in [0.1, 0.15) is 55.4 Å². The van der Waals surface area contributed by atoms with E-state index in [0.717, 1.165) is 68.3 Å². The second kappa shape index (κ2) is 11.1. The lowest BCUT2D eigenvalue weighted by atomic mass is 9.91. The topological polar surface area (TPSA) is 81.0 Å². The highest BCUT2D eigenvalue weighted by Crippen LogP contribution is 2.33. The number of urea groups is 1. The summed E-state index contributed by atoms with van der Waals surface area (Å²) in [5, 5.41) is 6.03. The summed E-state index contributed by atoms with van der Waals surface area (Å²) in [4.78, 5) is 29.6. The Morgan fingerprint density at radius 2 is 1.97 bits per heavy atom. The number of aromatic nitrogens is 3. The Labute approximate surface area is 219 Å². The second-order valence-corrected chi connectivity index (χ2v) is 10.7. The minimum Gasteiger partial charge on any atom is -0.355 e. The van der Waals surface area contributed by atoms with Gasteiger partial charge in [-0.25, -0.2) is 9.78 Å². The molecule has 1 aliphatic heterocycles. The summed E-state index contributed by atoms with van der Waals surface area (Å²) in [6, 6.07) is 10.8. The summed E-state index contributed by atoms with van der Waals surface area (Å²) < 4.78 is 2.25. The first-order valence-corrected chi connectivity index (χ1v) is 13.5. The average Bonchev–Trinajstić information content (AvgIpc) is 3.24. The van der Waals surface area contributed by atoms with E-state index in [1.54, 1.807) is 0 Å². The van der Waals surface area contributed by atoms with Gasteiger partial charge in [0.05, 0.1) is 29.7 Å². The van der Waals surface area contributed by atoms with Crippen molar-refractivity contribution in [3.05, 3.63) is 59.2 Å². The van der Waals surface area contributed by atoms with E-state index >= 15 is 0 Å². The lowest BCUT2D eigenvalue weighted by Gasteiger charge is -2.34. The highest BCUT2D eigenvalue weighted by atomic mass is 16.2. The molecule has 37 heavy (non-hydrogen) atoms. The second-order valence-electron chi connectivity index (χ2n) is 10.7. The van der Waals surface area contributed by atoms with E-state index in [9.17, 15) is 4.79 Å². The Kier molecular flexibility index (Phi) is 7.62. The zero-order valence-corrected chi connectivity index (χ0v) is 22.6. The van der Waals surface area contributed by atoms with Crippen LogP contribution in [0.15, 0.2) is 36.5 Å². The number of pyridine rings is 2. The first-order valence-electron chi connectivity index (χ1n) is 13.5. The van der Waals surface area contributed by atoms with E-state index in [2.05, 4.69) is 68.1 Å². The summed E-state index contributed by atoms with van der Waals surface area (Å²) in [6.07, 6.45) is 5.25. The molecule has 2 aliphatic rings. The predicted molar refractivity (Wildman–Crippen MR) is 147 cm³/mol. The number of hydrogen-bond donors (Lipinski definition) is 2. The van der Waals surface area contributed by atoms with Gasteiger partial charge in [-0.1, -0.05) is 12.1 Å². The standard InChI is InChI=1S/C28H40N8O/c1-20(2)31-28(37)30-18-24-22(19-34(4)23-10-5-8-21-9-7-13-29-27(21)23)32-25-11-6-12-26(36(24)25)35-16-14-33(3)15-17-35/h6-7,9,11-13,20,23H,5,8,10,14-19H2,1-4H3,(H2,30,31,37)/t23-/m0/s1. The molecule has 0 radical (unpaired) electrons. The zero-order valence-electron chi connectivity index (χ0n) is 22.6. The maximum Gasteiger partial charge on any atom is 0.315 e. The maximum absolute atomic E-state index is 12.5. The first kappa shape index (κ1) is 25.5. The predicted octanol–water partition coefficient (Wildman–Crippen LogP) is 3.20. The quantitative estimate of drug-likeness (QED) is 0.514. The fourth-order valence-electron chi connectivity index (χ4n) is 5.61. The number of rotatable bonds is 7. The van der Waals surface area contributed by atoms with Crippen LogP contribution in [-0.4, -0.2) is 76.5 Å². The summed E-state index contributed by atoms with van der Waals surface area (Å²) in [5.41, 5.74) is 5.49. The molecule has 0 unspecified atom stereocenters. The number of nitrogens with zero attached hydrogens (tertiary/aromatic N) is 6. The Bertz CT molecular complexity index is 1230. The molecule has 0 saturated carbocycles. The lowest BCUT2D eigenvalue weighted by Crippen LogP contribution is -2.45. The van der Waals surface area contributed by atoms with E-state index in [0.29, 0.717) is 13.1 Å². The van der Waals surface area contributed by atoms with Crippen molar-refractivity contribution in [1.82, 2.24) is 34.8 Å². The third-order valence-corrected chi connectivity index (χ3v) is 7.56. The number of anilines is 1. The highest BCUT2D eigenvalue weighted by Gasteiger charge is 2.27. The van der Waals surface area contributed by atoms with Crippen LogP contribution >= 0.6 is 0 Å². The van der Waals surface area contributed by atoms with Gasteiger partial charge in [-0.3, -0.25) is 14.3 Å². The van der Waals surface area contributed by atoms with E-state index in [4.69, 9.17) is 9.97 Å². The van der Waals surface area contributed by atoms with E-state index in [1.807, 2.05) is 26.1 Å². The molecule has 9 nitrogen and oxygen atoms in total. The fourth-order valence-corrected chi connectivity index (χ4v) is 5.61. The Balaban J connectivity index is 1.48. The van der Waals surface area contributed by atoms with Gasteiger partial charge in [0.15, 0.2) is 0 Å². The van der Waals surface area contributed by atoms with Crippen molar-refractivity contribution in [1.29, 1.82) is 0 Å². The SMILES string of the molecule is CC(C)NC(=O)NCc1c(CN(C)[C@H]2CCCc3cccnc32)nc2cccc(N3CCN(C)CC3)n12. The zero-order chi connectivity index (χ0) is 25.9. The molecule has 4 heterocycles. The number of hydrogen-bond acceptors (Lipinski definition) is 6. The molecule has 3 aromatic rings. The highest BCUT2D eigenvalue weighted by molar-refractivity contribution is 5.74. The average molecular weight is 505 g/mol. The van der Waals surface area contributed by atoms with Crippen molar-refractivity contribution in [3.8, 4) is 0 Å². The van der Waals surface area contributed by atoms with E-state index < -0.39 is 0 Å². The van der Waals surface area contributed by atoms with Crippen LogP contribution in [0.4, 0.5) is 10.6 Å². The van der Waals surface area contributed by atoms with Crippen LogP contribution in [0.25, 0.3) is 5.65 Å². The molecule has 198 valence electrons. The normalized spacial score (nSPS) is 18.4. The smallest absolute Gasteiger partial charge is 0.315 e. The largest absolute Gasteiger partial charge is 0.355 e. The van der Waals surface area contributed by atoms with Gasteiger partial charge in [0, 0.05) is 45.0 Å². The Morgan fingerprint density at radius 3 is 2.76 bits per heavy atom. The van der Waals surface area contributed by atoms with Crippen molar-refractivity contribution < 1.29 is 4.79 Å². The molecule has 0 spiro atoms. The molecule has 1 atom stereocenters. The molecule has 9 heteroatoms. The van der Waals surface area contributed by atoms with Crippen molar-refractivity contribution in [2.45, 2.75) is 58.3 Å². The number of likely N-dealkylation sites (N-methyl/N-ethyl adjacent to an activating group) is 1. The van der Waals surface area contributed by atoms with Gasteiger partial charge < -0.3 is 20.4 Å². The summed E-state index contributed by atoms with van der Waals surface area (Å²) in [7, 11) is 4.34. The Morgan fingerprint density at radius 1 is 1.16 bits per heavy atom. The third-order valence-electron chi connectivity index (χ3n) is 7.56. The van der Waals surface area contributed by atoms with Gasteiger partial charge in [0.25, 0.3) is 0 Å². The minimum atomic E-state index is -0.160. The van der Waals surface area contributed by atoms with Gasteiger partial charge >= 0.3 is 6.03 Å². The molecule has 0 aromatic carbocycles. The van der Waals surface area contributed by atoms with Crippen LogP contribution in [0.2, 0.25) is 0 Å². The van der Waals surface area contributed by atoms with Crippen LogP contribution < -0.4 is 15.5 Å². The van der Waals surface area contributed by atoms with Crippen LogP contribution in [0, 0.1) is 0 Å². The number of carbonyl (C=O) groups excluding carboxylic acids is 1. The molecule has 0 bridgehead atoms. The minimum absolute atomic E-state index is 0.0764. The van der Waals surface area contributed by atoms with Crippen molar-refractivity contribution in [3.63, 3.8) is 0 Å². The van der Waals surface area contributed by atoms with Crippen molar-refractivity contribution in [2.75, 3.05) is 45.2 Å². The third kappa shape index (κ3) is 5.57. The molecule has 5 rings (SSSR count). The number of fused-ring (bicyclic) bond motifs is 2. The number of nitrogens with one attached hydrogen (secondary N) is 2. The molecule has 2 amide bonds. The first-order chi connectivity index (χ1) is 17.9. The summed E-state index contributed by atoms with van der Waals surface area (Å²) in [5.74, 6) is 1.14. The summed E-state index contributed by atoms with van der Waals surface area (Å²) >= 11 is 0. The fraction of sp³-hybridized carbons (Fsp3) is 0.536. The van der Waals surface area contributed by atoms with Gasteiger partial charge in [0.2, 0.25) is 0 Å². The number of amides is 2. The summed E-state index contributed by atoms with van der Waals surface area (Å²) in [6.45, 7) is 9.02. The molecule has 1 fully saturated rings. The van der Waals surface area contributed by atoms with Gasteiger partial charge in [-0.15, -0.1) is 0 Å². The lowest BCUT2D eigenvalue weighted by molar-refractivity contribution is 0.206. The van der Waals surface area contributed by atoms with E-state index in [1.165, 1.54) is 11.3 Å². The Hall–Kier alpha value is -3.17. The molecular formula is C28H40N8O. The monoisotopic (exact) mass is 504 g/mol. The number of imidazole rings is 1. The van der Waals surface area contributed by atoms with E-state index in [-0.39, 0.29) is 18.1 Å². The van der Waals surface area contributed by atoms with Gasteiger partial charge in [-0.2, -0.15) is 0 Å². The number of piperazine rings is 1. The number of carbonyl (C=O) groups is 1.